The van der Waals surface area contributed by atoms with Crippen LogP contribution >= 0.6 is 0 Å². The van der Waals surface area contributed by atoms with E-state index in [9.17, 15) is 0 Å². The first-order chi connectivity index (χ1) is 9.27. The molecule has 1 atom stereocenters. The minimum Gasteiger partial charge on any atom is -0.383 e. The van der Waals surface area contributed by atoms with Gasteiger partial charge in [-0.1, -0.05) is 19.9 Å². The lowest BCUT2D eigenvalue weighted by Gasteiger charge is -2.28. The molecule has 20 heavy (non-hydrogen) atoms. The number of hydrogen-bond acceptors (Lipinski definition) is 4. The molecule has 1 unspecified atom stereocenters. The summed E-state index contributed by atoms with van der Waals surface area (Å²) in [6, 6.07) is 0.319. The van der Waals surface area contributed by atoms with E-state index < -0.39 is 0 Å². The molecular formula is C16H32N4. The fourth-order valence-corrected chi connectivity index (χ4v) is 1.73. The first-order valence-electron chi connectivity index (χ1n) is 7.28. The Morgan fingerprint density at radius 1 is 1.15 bits per heavy atom. The highest BCUT2D eigenvalue weighted by atomic mass is 15.0. The van der Waals surface area contributed by atoms with E-state index in [1.165, 1.54) is 0 Å². The van der Waals surface area contributed by atoms with Gasteiger partial charge in [0.1, 0.15) is 0 Å². The van der Waals surface area contributed by atoms with Gasteiger partial charge in [0.05, 0.1) is 11.4 Å². The molecule has 0 amide bonds. The fraction of sp³-hybridized carbons (Fsp3) is 0.750. The molecule has 0 spiro atoms. The van der Waals surface area contributed by atoms with Crippen molar-refractivity contribution in [2.75, 3.05) is 27.2 Å². The monoisotopic (exact) mass is 280 g/mol. The van der Waals surface area contributed by atoms with Crippen LogP contribution in [0.25, 0.3) is 0 Å². The molecule has 0 radical (unpaired) electrons. The second-order valence-electron chi connectivity index (χ2n) is 6.00. The first-order valence-corrected chi connectivity index (χ1v) is 7.28. The third-order valence-electron chi connectivity index (χ3n) is 3.64. The van der Waals surface area contributed by atoms with Crippen LogP contribution in [0.3, 0.4) is 0 Å². The van der Waals surface area contributed by atoms with E-state index in [4.69, 9.17) is 0 Å². The second kappa shape index (κ2) is 8.90. The molecule has 0 aromatic rings. The number of hydrogen-bond donors (Lipinski definition) is 2. The molecule has 0 heterocycles. The predicted octanol–water partition coefficient (Wildman–Crippen LogP) is 2.67. The molecule has 0 aromatic carbocycles. The van der Waals surface area contributed by atoms with Crippen molar-refractivity contribution in [3.8, 4) is 0 Å². The summed E-state index contributed by atoms with van der Waals surface area (Å²) in [7, 11) is 3.66. The van der Waals surface area contributed by atoms with Crippen molar-refractivity contribution in [1.29, 1.82) is 0 Å². The van der Waals surface area contributed by atoms with Gasteiger partial charge in [0.25, 0.3) is 0 Å². The van der Waals surface area contributed by atoms with E-state index in [1.807, 2.05) is 27.9 Å². The minimum absolute atomic E-state index is 0.157. The van der Waals surface area contributed by atoms with Gasteiger partial charge >= 0.3 is 0 Å². The zero-order valence-corrected chi connectivity index (χ0v) is 14.5. The summed E-state index contributed by atoms with van der Waals surface area (Å²) in [6.45, 7) is 14.6. The molecule has 4 nitrogen and oxygen atoms in total. The van der Waals surface area contributed by atoms with Gasteiger partial charge in [0, 0.05) is 38.9 Å². The van der Waals surface area contributed by atoms with Crippen molar-refractivity contribution in [1.82, 2.24) is 10.6 Å². The predicted molar refractivity (Wildman–Crippen MR) is 91.1 cm³/mol. The van der Waals surface area contributed by atoms with Crippen molar-refractivity contribution in [2.45, 2.75) is 47.6 Å². The summed E-state index contributed by atoms with van der Waals surface area (Å²) in [5.41, 5.74) is 3.44. The Hall–Kier alpha value is -1.16. The maximum Gasteiger partial charge on any atom is 0.0541 e. The largest absolute Gasteiger partial charge is 0.383 e. The van der Waals surface area contributed by atoms with Crippen LogP contribution in [-0.4, -0.2) is 44.7 Å². The lowest BCUT2D eigenvalue weighted by atomic mass is 9.92. The molecule has 2 N–H and O–H groups in total. The van der Waals surface area contributed by atoms with Crippen molar-refractivity contribution >= 4 is 11.4 Å². The van der Waals surface area contributed by atoms with Crippen molar-refractivity contribution in [3.63, 3.8) is 0 Å². The molecule has 0 saturated heterocycles. The van der Waals surface area contributed by atoms with Crippen LogP contribution < -0.4 is 10.6 Å². The van der Waals surface area contributed by atoms with Crippen LogP contribution in [0.5, 0.6) is 0 Å². The number of rotatable bonds is 8. The van der Waals surface area contributed by atoms with Crippen LogP contribution in [0.4, 0.5) is 0 Å². The molecule has 4 heteroatoms. The SMILES string of the molecule is C/C=C(/NCC(C)(C)CNC(C)C(C)=NC)C(C)=NC. The van der Waals surface area contributed by atoms with Gasteiger partial charge in [-0.15, -0.1) is 0 Å². The highest BCUT2D eigenvalue weighted by molar-refractivity contribution is 5.97. The highest BCUT2D eigenvalue weighted by Crippen LogP contribution is 2.13. The quantitative estimate of drug-likeness (QED) is 0.672. The van der Waals surface area contributed by atoms with Crippen LogP contribution in [0.15, 0.2) is 21.8 Å². The minimum atomic E-state index is 0.157. The van der Waals surface area contributed by atoms with Gasteiger partial charge in [-0.3, -0.25) is 9.98 Å². The van der Waals surface area contributed by atoms with Gasteiger partial charge in [-0.25, -0.2) is 0 Å². The van der Waals surface area contributed by atoms with Gasteiger partial charge in [-0.05, 0) is 33.1 Å². The Kier molecular flexibility index (Phi) is 8.39. The van der Waals surface area contributed by atoms with E-state index in [0.717, 1.165) is 30.2 Å². The molecule has 0 aliphatic heterocycles. The molecule has 116 valence electrons. The van der Waals surface area contributed by atoms with Crippen LogP contribution in [-0.2, 0) is 0 Å². The standard InChI is InChI=1S/C16H32N4/c1-9-15(14(4)18-8)20-11-16(5,6)10-19-13(3)12(2)17-7/h9,13,19-20H,10-11H2,1-8H3/b15-9+,17-12?,18-14?. The maximum atomic E-state index is 4.22. The van der Waals surface area contributed by atoms with Crippen molar-refractivity contribution in [3.05, 3.63) is 11.8 Å². The average molecular weight is 280 g/mol. The third kappa shape index (κ3) is 6.85. The summed E-state index contributed by atoms with van der Waals surface area (Å²) >= 11 is 0. The number of nitrogens with one attached hydrogen (secondary N) is 2. The van der Waals surface area contributed by atoms with E-state index >= 15 is 0 Å². The van der Waals surface area contributed by atoms with E-state index in [2.05, 4.69) is 54.4 Å². The van der Waals surface area contributed by atoms with Crippen LogP contribution in [0, 0.1) is 5.41 Å². The summed E-state index contributed by atoms with van der Waals surface area (Å²) in [5, 5.41) is 7.03. The Bertz CT molecular complexity index is 378. The zero-order chi connectivity index (χ0) is 15.8. The van der Waals surface area contributed by atoms with E-state index in [0.29, 0.717) is 6.04 Å². The Morgan fingerprint density at radius 3 is 2.20 bits per heavy atom. The maximum absolute atomic E-state index is 4.22. The van der Waals surface area contributed by atoms with E-state index in [1.54, 1.807) is 0 Å². The second-order valence-corrected chi connectivity index (χ2v) is 6.00. The highest BCUT2D eigenvalue weighted by Gasteiger charge is 2.19. The first kappa shape index (κ1) is 18.8. The summed E-state index contributed by atoms with van der Waals surface area (Å²) in [6.07, 6.45) is 2.07. The Balaban J connectivity index is 4.39. The Morgan fingerprint density at radius 2 is 1.75 bits per heavy atom. The van der Waals surface area contributed by atoms with Crippen molar-refractivity contribution < 1.29 is 0 Å². The van der Waals surface area contributed by atoms with Crippen LogP contribution in [0.1, 0.15) is 41.5 Å². The molecule has 0 bridgehead atoms. The van der Waals surface area contributed by atoms with Crippen molar-refractivity contribution in [2.24, 2.45) is 15.4 Å². The third-order valence-corrected chi connectivity index (χ3v) is 3.64. The molecule has 0 aliphatic carbocycles. The smallest absolute Gasteiger partial charge is 0.0541 e. The molecule has 0 aromatic heterocycles. The molecular weight excluding hydrogens is 248 g/mol. The van der Waals surface area contributed by atoms with Crippen LogP contribution in [0.2, 0.25) is 0 Å². The summed E-state index contributed by atoms with van der Waals surface area (Å²) in [4.78, 5) is 8.45. The topological polar surface area (TPSA) is 48.8 Å². The Labute approximate surface area is 124 Å². The zero-order valence-electron chi connectivity index (χ0n) is 14.5. The molecule has 0 fully saturated rings. The van der Waals surface area contributed by atoms with Gasteiger partial charge < -0.3 is 10.6 Å². The molecule has 0 aliphatic rings. The number of allylic oxidation sites excluding steroid dienone is 2. The lowest BCUT2D eigenvalue weighted by molar-refractivity contribution is 0.329. The number of nitrogens with zero attached hydrogens (tertiary/aromatic N) is 2. The normalized spacial score (nSPS) is 16.3. The summed E-state index contributed by atoms with van der Waals surface area (Å²) < 4.78 is 0. The fourth-order valence-electron chi connectivity index (χ4n) is 1.73. The lowest BCUT2D eigenvalue weighted by Crippen LogP contribution is -2.43. The number of aliphatic imine (C=N–C) groups is 2. The van der Waals surface area contributed by atoms with Gasteiger partial charge in [-0.2, -0.15) is 0 Å². The van der Waals surface area contributed by atoms with E-state index in [-0.39, 0.29) is 5.41 Å². The molecule has 0 saturated carbocycles. The van der Waals surface area contributed by atoms with Gasteiger partial charge in [0.15, 0.2) is 0 Å². The molecule has 0 rings (SSSR count). The average Bonchev–Trinajstić information content (AvgIpc) is 2.43. The summed E-state index contributed by atoms with van der Waals surface area (Å²) in [5.74, 6) is 0. The van der Waals surface area contributed by atoms with Gasteiger partial charge in [0.2, 0.25) is 0 Å².